The molecule has 4 nitrogen and oxygen atoms in total. The molecule has 0 saturated heterocycles. The van der Waals surface area contributed by atoms with E-state index in [1.165, 1.54) is 29.6 Å². The molecular weight excluding hydrogens is 308 g/mol. The summed E-state index contributed by atoms with van der Waals surface area (Å²) in [7, 11) is -2.11. The lowest BCUT2D eigenvalue weighted by atomic mass is 10.1. The molecule has 0 heterocycles. The van der Waals surface area contributed by atoms with Crippen LogP contribution in [0.15, 0.2) is 47.4 Å². The molecular formula is C15H17ClN2O2S. The van der Waals surface area contributed by atoms with Crippen LogP contribution in [0.3, 0.4) is 0 Å². The topological polar surface area (TPSA) is 63.4 Å². The number of hydrogen-bond donors (Lipinski definition) is 1. The van der Waals surface area contributed by atoms with Crippen molar-refractivity contribution in [2.45, 2.75) is 18.4 Å². The van der Waals surface area contributed by atoms with E-state index < -0.39 is 10.0 Å². The molecule has 2 rings (SSSR count). The molecule has 0 amide bonds. The summed E-state index contributed by atoms with van der Waals surface area (Å²) in [6, 6.07) is 12.1. The Morgan fingerprint density at radius 2 is 1.86 bits per heavy atom. The van der Waals surface area contributed by atoms with Gasteiger partial charge in [0.1, 0.15) is 4.90 Å². The smallest absolute Gasteiger partial charge is 0.245 e. The molecule has 0 atom stereocenters. The van der Waals surface area contributed by atoms with Gasteiger partial charge in [0.25, 0.3) is 0 Å². The van der Waals surface area contributed by atoms with Gasteiger partial charge in [0, 0.05) is 18.6 Å². The normalized spacial score (nSPS) is 11.8. The maximum absolute atomic E-state index is 12.6. The lowest BCUT2D eigenvalue weighted by Gasteiger charge is -2.19. The minimum atomic E-state index is -3.65. The monoisotopic (exact) mass is 324 g/mol. The zero-order chi connectivity index (χ0) is 15.6. The maximum Gasteiger partial charge on any atom is 0.245 e. The fraction of sp³-hybridized carbons (Fsp3) is 0.200. The van der Waals surface area contributed by atoms with Crippen LogP contribution in [0.25, 0.3) is 0 Å². The molecule has 21 heavy (non-hydrogen) atoms. The molecule has 2 aromatic rings. The van der Waals surface area contributed by atoms with Gasteiger partial charge in [-0.05, 0) is 36.2 Å². The van der Waals surface area contributed by atoms with Crippen LogP contribution in [0, 0.1) is 6.92 Å². The van der Waals surface area contributed by atoms with E-state index in [1.54, 1.807) is 0 Å². The summed E-state index contributed by atoms with van der Waals surface area (Å²) < 4.78 is 26.5. The summed E-state index contributed by atoms with van der Waals surface area (Å²) >= 11 is 5.81. The Kier molecular flexibility index (Phi) is 4.56. The van der Waals surface area contributed by atoms with E-state index in [0.717, 1.165) is 11.1 Å². The van der Waals surface area contributed by atoms with Crippen LogP contribution in [-0.2, 0) is 16.6 Å². The standard InChI is InChI=1S/C15H17ClN2O2S/c1-11-5-3-4-6-12(11)10-18(2)21(19,20)15-8-7-13(16)9-14(15)17/h3-9H,10,17H2,1-2H3. The molecule has 0 bridgehead atoms. The van der Waals surface area contributed by atoms with Crippen LogP contribution in [-0.4, -0.2) is 19.8 Å². The van der Waals surface area contributed by atoms with E-state index in [9.17, 15) is 8.42 Å². The van der Waals surface area contributed by atoms with Crippen molar-refractivity contribution in [1.29, 1.82) is 0 Å². The number of nitrogen functional groups attached to an aromatic ring is 1. The first-order valence-corrected chi connectivity index (χ1v) is 8.20. The predicted molar refractivity (Wildman–Crippen MR) is 85.7 cm³/mol. The van der Waals surface area contributed by atoms with Gasteiger partial charge in [-0.3, -0.25) is 0 Å². The number of halogens is 1. The van der Waals surface area contributed by atoms with Gasteiger partial charge in [0.2, 0.25) is 10.0 Å². The summed E-state index contributed by atoms with van der Waals surface area (Å²) in [5.74, 6) is 0. The zero-order valence-corrected chi connectivity index (χ0v) is 13.4. The number of rotatable bonds is 4. The van der Waals surface area contributed by atoms with E-state index in [-0.39, 0.29) is 17.1 Å². The lowest BCUT2D eigenvalue weighted by molar-refractivity contribution is 0.466. The number of anilines is 1. The van der Waals surface area contributed by atoms with Crippen molar-refractivity contribution in [1.82, 2.24) is 4.31 Å². The Balaban J connectivity index is 2.33. The predicted octanol–water partition coefficient (Wildman–Crippen LogP) is 3.05. The Hall–Kier alpha value is -1.56. The highest BCUT2D eigenvalue weighted by Gasteiger charge is 2.23. The van der Waals surface area contributed by atoms with Crippen LogP contribution < -0.4 is 5.73 Å². The highest BCUT2D eigenvalue weighted by molar-refractivity contribution is 7.89. The second-order valence-corrected chi connectivity index (χ2v) is 7.32. The molecule has 0 aromatic heterocycles. The third kappa shape index (κ3) is 3.37. The van der Waals surface area contributed by atoms with E-state index in [1.807, 2.05) is 31.2 Å². The summed E-state index contributed by atoms with van der Waals surface area (Å²) in [6.45, 7) is 2.24. The minimum Gasteiger partial charge on any atom is -0.398 e. The van der Waals surface area contributed by atoms with Crippen LogP contribution in [0.5, 0.6) is 0 Å². The first kappa shape index (κ1) is 15.8. The number of nitrogens with two attached hydrogens (primary N) is 1. The van der Waals surface area contributed by atoms with Crippen LogP contribution in [0.4, 0.5) is 5.69 Å². The molecule has 0 unspecified atom stereocenters. The van der Waals surface area contributed by atoms with Gasteiger partial charge in [0.05, 0.1) is 5.69 Å². The average Bonchev–Trinajstić information content (AvgIpc) is 2.40. The van der Waals surface area contributed by atoms with Crippen molar-refractivity contribution >= 4 is 27.3 Å². The van der Waals surface area contributed by atoms with Crippen molar-refractivity contribution in [3.63, 3.8) is 0 Å². The average molecular weight is 325 g/mol. The second-order valence-electron chi connectivity index (χ2n) is 4.87. The third-order valence-corrected chi connectivity index (χ3v) is 5.43. The number of nitrogens with zero attached hydrogens (tertiary/aromatic N) is 1. The van der Waals surface area contributed by atoms with E-state index in [0.29, 0.717) is 5.02 Å². The molecule has 0 aliphatic heterocycles. The third-order valence-electron chi connectivity index (χ3n) is 3.31. The van der Waals surface area contributed by atoms with Crippen molar-refractivity contribution in [3.8, 4) is 0 Å². The number of aryl methyl sites for hydroxylation is 1. The zero-order valence-electron chi connectivity index (χ0n) is 11.9. The molecule has 0 spiro atoms. The Morgan fingerprint density at radius 3 is 2.48 bits per heavy atom. The van der Waals surface area contributed by atoms with Gasteiger partial charge >= 0.3 is 0 Å². The molecule has 0 aliphatic rings. The molecule has 6 heteroatoms. The van der Waals surface area contributed by atoms with Gasteiger partial charge in [-0.1, -0.05) is 35.9 Å². The van der Waals surface area contributed by atoms with Crippen LogP contribution in [0.2, 0.25) is 5.02 Å². The first-order valence-electron chi connectivity index (χ1n) is 6.38. The maximum atomic E-state index is 12.6. The van der Waals surface area contributed by atoms with E-state index >= 15 is 0 Å². The summed E-state index contributed by atoms with van der Waals surface area (Å²) in [5, 5.41) is 0.410. The van der Waals surface area contributed by atoms with E-state index in [2.05, 4.69) is 0 Å². The SMILES string of the molecule is Cc1ccccc1CN(C)S(=O)(=O)c1ccc(Cl)cc1N. The number of benzene rings is 2. The van der Waals surface area contributed by atoms with Crippen LogP contribution >= 0.6 is 11.6 Å². The van der Waals surface area contributed by atoms with Crippen molar-refractivity contribution in [2.24, 2.45) is 0 Å². The Labute approximate surface area is 130 Å². The molecule has 2 aromatic carbocycles. The molecule has 0 saturated carbocycles. The lowest BCUT2D eigenvalue weighted by Crippen LogP contribution is -2.27. The largest absolute Gasteiger partial charge is 0.398 e. The van der Waals surface area contributed by atoms with Crippen molar-refractivity contribution < 1.29 is 8.42 Å². The summed E-state index contributed by atoms with van der Waals surface area (Å²) in [6.07, 6.45) is 0. The minimum absolute atomic E-state index is 0.0722. The van der Waals surface area contributed by atoms with Gasteiger partial charge in [0.15, 0.2) is 0 Å². The fourth-order valence-corrected chi connectivity index (χ4v) is 3.46. The van der Waals surface area contributed by atoms with Crippen molar-refractivity contribution in [2.75, 3.05) is 12.8 Å². The molecule has 0 radical (unpaired) electrons. The molecule has 0 fully saturated rings. The van der Waals surface area contributed by atoms with Gasteiger partial charge in [-0.2, -0.15) is 4.31 Å². The Bertz CT molecular complexity index is 760. The molecule has 112 valence electrons. The number of hydrogen-bond acceptors (Lipinski definition) is 3. The molecule has 2 N–H and O–H groups in total. The fourth-order valence-electron chi connectivity index (χ4n) is 2.03. The second kappa shape index (κ2) is 6.05. The highest BCUT2D eigenvalue weighted by atomic mass is 35.5. The Morgan fingerprint density at radius 1 is 1.19 bits per heavy atom. The summed E-state index contributed by atoms with van der Waals surface area (Å²) in [5.41, 5.74) is 7.93. The van der Waals surface area contributed by atoms with Crippen LogP contribution in [0.1, 0.15) is 11.1 Å². The van der Waals surface area contributed by atoms with Gasteiger partial charge in [-0.25, -0.2) is 8.42 Å². The van der Waals surface area contributed by atoms with Gasteiger partial charge in [-0.15, -0.1) is 0 Å². The molecule has 0 aliphatic carbocycles. The number of sulfonamides is 1. The highest BCUT2D eigenvalue weighted by Crippen LogP contribution is 2.26. The van der Waals surface area contributed by atoms with Crippen molar-refractivity contribution in [3.05, 3.63) is 58.6 Å². The van der Waals surface area contributed by atoms with Gasteiger partial charge < -0.3 is 5.73 Å². The first-order chi connectivity index (χ1) is 9.82. The summed E-state index contributed by atoms with van der Waals surface area (Å²) in [4.78, 5) is 0.0722. The quantitative estimate of drug-likeness (QED) is 0.879. The van der Waals surface area contributed by atoms with E-state index in [4.69, 9.17) is 17.3 Å².